The number of nitrogens with zero attached hydrogens (tertiary/aromatic N) is 12. The van der Waals surface area contributed by atoms with Gasteiger partial charge in [0.25, 0.3) is 0 Å². The summed E-state index contributed by atoms with van der Waals surface area (Å²) in [6, 6.07) is 59.7. The minimum Gasteiger partial charge on any atom is -0.476 e. The SMILES string of the molecule is CC(C)N1[CH-]N2C(=N1)c1cc3c(cc1-c1ccc[c-]c12)CCCC3.CC(C)c1ccc2c(c1)C1=NN(C(C)C)[CH-]N1c1[c-]cc(C(C)C)cc1-2.CN1[CH-]N2C(=N1)c1cccc3c1-c1c2[c-]ccc1C(C)(C)C3(C)C.Cc1c[c-]c2c(c1)-c1ccc(C3CCCCC3)cc1C1=NN(C(C)C)[CH-]N12.[Ir].[Ir].[Ir].[Ir]. The third-order valence-electron chi connectivity index (χ3n) is 23.2. The van der Waals surface area contributed by atoms with Gasteiger partial charge in [-0.1, -0.05) is 181 Å². The molecule has 16 heteroatoms. The Balaban J connectivity index is 0.000000130. The van der Waals surface area contributed by atoms with Gasteiger partial charge in [-0.25, -0.2) is 0 Å². The first-order valence-corrected chi connectivity index (χ1v) is 37.3. The zero-order valence-corrected chi connectivity index (χ0v) is 73.0. The summed E-state index contributed by atoms with van der Waals surface area (Å²) in [4.78, 5) is 8.81. The Morgan fingerprint density at radius 3 is 1.49 bits per heavy atom. The normalized spacial score (nSPS) is 17.7. The molecule has 19 rings (SSSR count). The van der Waals surface area contributed by atoms with Gasteiger partial charge >= 0.3 is 0 Å². The van der Waals surface area contributed by atoms with Crippen LogP contribution < -0.4 is 19.6 Å². The maximum Gasteiger partial charge on any atom is 0.127 e. The van der Waals surface area contributed by atoms with Crippen LogP contribution >= 0.6 is 0 Å². The Hall–Kier alpha value is -6.56. The molecule has 8 aromatic rings. The molecule has 11 aliphatic rings. The van der Waals surface area contributed by atoms with Crippen molar-refractivity contribution in [2.45, 2.75) is 208 Å². The first kappa shape index (κ1) is 78.0. The molecule has 0 amide bonds. The van der Waals surface area contributed by atoms with E-state index in [1.54, 1.807) is 0 Å². The molecular weight excluding hydrogens is 2010 g/mol. The van der Waals surface area contributed by atoms with Crippen LogP contribution in [0.4, 0.5) is 22.7 Å². The van der Waals surface area contributed by atoms with Crippen molar-refractivity contribution in [2.75, 3.05) is 26.6 Å². The number of benzene rings is 8. The van der Waals surface area contributed by atoms with Crippen LogP contribution in [0.25, 0.3) is 44.5 Å². The number of rotatable bonds is 6. The smallest absolute Gasteiger partial charge is 0.127 e. The number of amidine groups is 4. The molecule has 105 heavy (non-hydrogen) atoms. The van der Waals surface area contributed by atoms with E-state index in [4.69, 9.17) is 20.4 Å². The van der Waals surface area contributed by atoms with Crippen LogP contribution in [-0.2, 0) is 104 Å². The van der Waals surface area contributed by atoms with Gasteiger partial charge in [-0.15, -0.1) is 54.5 Å². The second kappa shape index (κ2) is 30.5. The van der Waals surface area contributed by atoms with Crippen molar-refractivity contribution in [1.29, 1.82) is 0 Å². The summed E-state index contributed by atoms with van der Waals surface area (Å²) in [6.07, 6.45) is 11.8. The summed E-state index contributed by atoms with van der Waals surface area (Å²) in [5.41, 5.74) is 31.1. The van der Waals surface area contributed by atoms with Crippen LogP contribution in [0.3, 0.4) is 0 Å². The Kier molecular flexibility index (Phi) is 22.6. The summed E-state index contributed by atoms with van der Waals surface area (Å²) >= 11 is 0. The monoisotopic (exact) mass is 2100 g/mol. The fourth-order valence-electron chi connectivity index (χ4n) is 16.6. The van der Waals surface area contributed by atoms with E-state index in [2.05, 4.69) is 293 Å². The summed E-state index contributed by atoms with van der Waals surface area (Å²) in [5, 5.41) is 27.5. The topological polar surface area (TPSA) is 75.4 Å². The Bertz CT molecular complexity index is 4770. The summed E-state index contributed by atoms with van der Waals surface area (Å²) in [5.74, 6) is 5.79. The molecule has 3 aliphatic carbocycles. The molecule has 0 bridgehead atoms. The molecule has 0 spiro atoms. The molecule has 1 fully saturated rings. The van der Waals surface area contributed by atoms with Gasteiger partial charge < -0.3 is 39.6 Å². The van der Waals surface area contributed by atoms with Crippen molar-refractivity contribution >= 4 is 46.1 Å². The Morgan fingerprint density at radius 1 is 0.410 bits per heavy atom. The standard InChI is InChI=1S/C24H27N3.C23H27N3.2C21H21N3.4Ir/c1-16(2)27-15-26-23-12-9-17(3)13-21(23)20-11-10-19(14-22(20)24(26)25-27)18-7-5-4-6-8-18;1-14(2)17-7-9-19-20-11-18(15(3)4)8-10-22(20)25-13-26(16(5)6)24-23(25)21(19)12-17;1-20(2)14-9-6-8-13-17(14)18-15(21(20,3)4)10-7-11-16(18)24-12-23(5)22-19(13)24;1-14(2)24-13-23-20-10-6-5-9-17(20)18-11-15-7-3-4-8-16(15)12-19(18)21(23)22-24;;;;/h9-11,13-16,18H,4-8H2,1-3H3;7-9,11-16H,1-6H3;6-10,12H,1-5H3;5-6,9,11-14H,3-4,7-8H2,1-2H3;;;;/q4*-2;;;;. The zero-order valence-electron chi connectivity index (χ0n) is 63.4. The van der Waals surface area contributed by atoms with Crippen molar-refractivity contribution in [3.8, 4) is 44.5 Å². The van der Waals surface area contributed by atoms with Gasteiger partial charge in [0.1, 0.15) is 23.3 Å². The predicted molar refractivity (Wildman–Crippen MR) is 416 cm³/mol. The first-order chi connectivity index (χ1) is 48.5. The van der Waals surface area contributed by atoms with Crippen LogP contribution in [0.15, 0.2) is 142 Å². The van der Waals surface area contributed by atoms with Gasteiger partial charge in [-0.05, 0) is 156 Å². The molecule has 0 atom stereocenters. The van der Waals surface area contributed by atoms with Crippen LogP contribution in [-0.4, -0.2) is 68.6 Å². The fraction of sp³-hybridized carbons (Fsp3) is 0.371. The zero-order chi connectivity index (χ0) is 70.2. The van der Waals surface area contributed by atoms with Gasteiger partial charge in [-0.3, -0.25) is 0 Å². The van der Waals surface area contributed by atoms with Gasteiger partial charge in [0.05, 0.1) is 0 Å². The van der Waals surface area contributed by atoms with E-state index < -0.39 is 0 Å². The molecule has 8 aliphatic heterocycles. The average Bonchev–Trinajstić information content (AvgIpc) is 1.55. The fourth-order valence-corrected chi connectivity index (χ4v) is 16.6. The first-order valence-electron chi connectivity index (χ1n) is 37.3. The predicted octanol–water partition coefficient (Wildman–Crippen LogP) is 20.2. The summed E-state index contributed by atoms with van der Waals surface area (Å²) < 4.78 is 0. The molecular formula is C89H96Ir4N12-8. The molecule has 0 N–H and O–H groups in total. The molecule has 0 saturated heterocycles. The molecule has 8 aromatic carbocycles. The second-order valence-electron chi connectivity index (χ2n) is 31.9. The van der Waals surface area contributed by atoms with Gasteiger partial charge in [0.2, 0.25) is 0 Å². The van der Waals surface area contributed by atoms with Crippen LogP contribution in [0, 0.1) is 57.9 Å². The Morgan fingerprint density at radius 2 is 0.895 bits per heavy atom. The number of anilines is 4. The van der Waals surface area contributed by atoms with Crippen LogP contribution in [0.2, 0.25) is 0 Å². The maximum atomic E-state index is 4.96. The largest absolute Gasteiger partial charge is 0.476 e. The number of hydrogen-bond acceptors (Lipinski definition) is 12. The number of aryl methyl sites for hydroxylation is 3. The molecule has 0 aromatic heterocycles. The number of fused-ring (bicyclic) bond motifs is 22. The van der Waals surface area contributed by atoms with Gasteiger partial charge in [0, 0.05) is 121 Å². The maximum absolute atomic E-state index is 4.96. The molecule has 12 nitrogen and oxygen atoms in total. The van der Waals surface area contributed by atoms with Crippen molar-refractivity contribution in [1.82, 2.24) is 20.0 Å². The number of para-hydroxylation sites is 1. The average molecular weight is 2100 g/mol. The minimum atomic E-state index is 0. The quantitative estimate of drug-likeness (QED) is 0.152. The molecule has 4 radical (unpaired) electrons. The van der Waals surface area contributed by atoms with Gasteiger partial charge in [-0.2, -0.15) is 110 Å². The van der Waals surface area contributed by atoms with E-state index in [0.29, 0.717) is 35.9 Å². The van der Waals surface area contributed by atoms with E-state index in [1.165, 1.54) is 169 Å². The van der Waals surface area contributed by atoms with Crippen molar-refractivity contribution < 1.29 is 80.4 Å². The summed E-state index contributed by atoms with van der Waals surface area (Å²) in [7, 11) is 1.98. The van der Waals surface area contributed by atoms with Crippen LogP contribution in [0.1, 0.15) is 226 Å². The van der Waals surface area contributed by atoms with Crippen molar-refractivity contribution in [3.63, 3.8) is 0 Å². The third-order valence-corrected chi connectivity index (χ3v) is 23.2. The molecule has 556 valence electrons. The second-order valence-corrected chi connectivity index (χ2v) is 31.9. The molecule has 8 heterocycles. The molecule has 0 unspecified atom stereocenters. The van der Waals surface area contributed by atoms with Crippen LogP contribution in [0.5, 0.6) is 0 Å². The van der Waals surface area contributed by atoms with E-state index in [9.17, 15) is 0 Å². The van der Waals surface area contributed by atoms with E-state index in [1.807, 2.05) is 29.8 Å². The van der Waals surface area contributed by atoms with E-state index in [0.717, 1.165) is 46.1 Å². The van der Waals surface area contributed by atoms with Crippen molar-refractivity contribution in [3.05, 3.63) is 239 Å². The number of hydrazone groups is 4. The number of hydrogen-bond donors (Lipinski definition) is 0. The minimum absolute atomic E-state index is 0. The van der Waals surface area contributed by atoms with E-state index in [-0.39, 0.29) is 91.3 Å². The van der Waals surface area contributed by atoms with Crippen molar-refractivity contribution in [2.24, 2.45) is 20.4 Å². The van der Waals surface area contributed by atoms with E-state index >= 15 is 0 Å². The summed E-state index contributed by atoms with van der Waals surface area (Å²) in [6.45, 7) is 42.0. The Labute approximate surface area is 679 Å². The molecule has 1 saturated carbocycles. The third kappa shape index (κ3) is 13.5. The van der Waals surface area contributed by atoms with Gasteiger partial charge in [0.15, 0.2) is 0 Å².